The van der Waals surface area contributed by atoms with Crippen LogP contribution in [0.2, 0.25) is 0 Å². The van der Waals surface area contributed by atoms with E-state index in [2.05, 4.69) is 36.7 Å². The van der Waals surface area contributed by atoms with Crippen molar-refractivity contribution < 1.29 is 4.74 Å². The van der Waals surface area contributed by atoms with Crippen molar-refractivity contribution >= 4 is 11.0 Å². The van der Waals surface area contributed by atoms with Gasteiger partial charge in [0.1, 0.15) is 11.6 Å². The summed E-state index contributed by atoms with van der Waals surface area (Å²) in [4.78, 5) is 4.99. The average molecular weight is 287 g/mol. The van der Waals surface area contributed by atoms with E-state index < -0.39 is 0 Å². The highest BCUT2D eigenvalue weighted by Crippen LogP contribution is 2.37. The van der Waals surface area contributed by atoms with Crippen LogP contribution in [0.4, 0.5) is 0 Å². The summed E-state index contributed by atoms with van der Waals surface area (Å²) < 4.78 is 7.73. The molecule has 1 aromatic heterocycles. The molecule has 0 amide bonds. The van der Waals surface area contributed by atoms with Crippen molar-refractivity contribution in [2.24, 2.45) is 0 Å². The standard InChI is InChI=1S/C17H25N3O/c1-5-17(9-6-10-18-17)16-19-14-11-13(21-4)7-8-15(14)20(16)12(2)3/h7-8,11-12,18H,5-6,9-10H2,1-4H3. The molecule has 1 fully saturated rings. The zero-order valence-electron chi connectivity index (χ0n) is 13.4. The van der Waals surface area contributed by atoms with Gasteiger partial charge in [0.05, 0.1) is 23.7 Å². The van der Waals surface area contributed by atoms with E-state index in [9.17, 15) is 0 Å². The Morgan fingerprint density at radius 1 is 1.43 bits per heavy atom. The molecular formula is C17H25N3O. The molecule has 0 bridgehead atoms. The average Bonchev–Trinajstić information content (AvgIpc) is 3.11. The fourth-order valence-electron chi connectivity index (χ4n) is 3.52. The molecule has 1 unspecified atom stereocenters. The number of methoxy groups -OCH3 is 1. The minimum atomic E-state index is 0.0243. The van der Waals surface area contributed by atoms with E-state index in [1.54, 1.807) is 7.11 Å². The Balaban J connectivity index is 2.23. The molecule has 4 heteroatoms. The Kier molecular flexibility index (Phi) is 3.66. The number of hydrogen-bond acceptors (Lipinski definition) is 3. The van der Waals surface area contributed by atoms with Gasteiger partial charge in [0.2, 0.25) is 0 Å². The monoisotopic (exact) mass is 287 g/mol. The summed E-state index contributed by atoms with van der Waals surface area (Å²) in [6.07, 6.45) is 3.45. The van der Waals surface area contributed by atoms with Crippen LogP contribution in [0.3, 0.4) is 0 Å². The summed E-state index contributed by atoms with van der Waals surface area (Å²) in [5.74, 6) is 2.05. The third-order valence-corrected chi connectivity index (χ3v) is 4.69. The Labute approximate surface area is 126 Å². The van der Waals surface area contributed by atoms with Gasteiger partial charge < -0.3 is 14.6 Å². The van der Waals surface area contributed by atoms with E-state index in [1.165, 1.54) is 17.8 Å². The van der Waals surface area contributed by atoms with Crippen LogP contribution in [0.25, 0.3) is 11.0 Å². The lowest BCUT2D eigenvalue weighted by atomic mass is 9.93. The van der Waals surface area contributed by atoms with Gasteiger partial charge in [0.15, 0.2) is 0 Å². The molecule has 1 aliphatic heterocycles. The fraction of sp³-hybridized carbons (Fsp3) is 0.588. The summed E-state index contributed by atoms with van der Waals surface area (Å²) in [6.45, 7) is 7.79. The normalized spacial score (nSPS) is 22.3. The van der Waals surface area contributed by atoms with E-state index in [-0.39, 0.29) is 5.54 Å². The fourth-order valence-corrected chi connectivity index (χ4v) is 3.52. The van der Waals surface area contributed by atoms with Crippen molar-refractivity contribution in [2.45, 2.75) is 51.6 Å². The van der Waals surface area contributed by atoms with Crippen LogP contribution in [0.5, 0.6) is 5.75 Å². The van der Waals surface area contributed by atoms with Crippen LogP contribution in [0.15, 0.2) is 18.2 Å². The van der Waals surface area contributed by atoms with Gasteiger partial charge in [-0.2, -0.15) is 0 Å². The van der Waals surface area contributed by atoms with Gasteiger partial charge in [-0.25, -0.2) is 4.98 Å². The van der Waals surface area contributed by atoms with E-state index in [0.717, 1.165) is 30.7 Å². The first kappa shape index (κ1) is 14.4. The maximum Gasteiger partial charge on any atom is 0.130 e. The molecule has 0 aliphatic carbocycles. The van der Waals surface area contributed by atoms with Crippen molar-refractivity contribution in [3.63, 3.8) is 0 Å². The number of benzene rings is 1. The summed E-state index contributed by atoms with van der Waals surface area (Å²) in [5, 5.41) is 3.71. The zero-order chi connectivity index (χ0) is 15.0. The third-order valence-electron chi connectivity index (χ3n) is 4.69. The van der Waals surface area contributed by atoms with Crippen molar-refractivity contribution in [2.75, 3.05) is 13.7 Å². The number of nitrogens with zero attached hydrogens (tertiary/aromatic N) is 2. The van der Waals surface area contributed by atoms with Gasteiger partial charge in [-0.1, -0.05) is 6.92 Å². The van der Waals surface area contributed by atoms with Gasteiger partial charge in [-0.05, 0) is 51.8 Å². The Morgan fingerprint density at radius 3 is 2.81 bits per heavy atom. The lowest BCUT2D eigenvalue weighted by Gasteiger charge is -2.29. The third kappa shape index (κ3) is 2.22. The molecule has 3 rings (SSSR count). The first-order valence-electron chi connectivity index (χ1n) is 7.93. The number of nitrogens with one attached hydrogen (secondary N) is 1. The number of fused-ring (bicyclic) bond motifs is 1. The molecule has 2 aromatic rings. The number of ether oxygens (including phenoxy) is 1. The molecule has 114 valence electrons. The molecule has 2 heterocycles. The topological polar surface area (TPSA) is 39.1 Å². The Bertz CT molecular complexity index is 639. The van der Waals surface area contributed by atoms with Gasteiger partial charge in [-0.15, -0.1) is 0 Å². The van der Waals surface area contributed by atoms with Crippen molar-refractivity contribution in [3.8, 4) is 5.75 Å². The minimum Gasteiger partial charge on any atom is -0.497 e. The quantitative estimate of drug-likeness (QED) is 0.933. The number of imidazole rings is 1. The highest BCUT2D eigenvalue weighted by molar-refractivity contribution is 5.78. The van der Waals surface area contributed by atoms with E-state index in [4.69, 9.17) is 9.72 Å². The molecule has 1 aromatic carbocycles. The molecule has 1 N–H and O–H groups in total. The summed E-state index contributed by atoms with van der Waals surface area (Å²) in [5.41, 5.74) is 2.25. The van der Waals surface area contributed by atoms with Crippen LogP contribution in [0, 0.1) is 0 Å². The van der Waals surface area contributed by atoms with Gasteiger partial charge in [0, 0.05) is 12.1 Å². The molecular weight excluding hydrogens is 262 g/mol. The predicted octanol–water partition coefficient (Wildman–Crippen LogP) is 3.61. The maximum absolute atomic E-state index is 5.34. The highest BCUT2D eigenvalue weighted by atomic mass is 16.5. The maximum atomic E-state index is 5.34. The molecule has 4 nitrogen and oxygen atoms in total. The lowest BCUT2D eigenvalue weighted by molar-refractivity contribution is 0.332. The smallest absolute Gasteiger partial charge is 0.130 e. The largest absolute Gasteiger partial charge is 0.497 e. The summed E-state index contributed by atoms with van der Waals surface area (Å²) in [7, 11) is 1.70. The summed E-state index contributed by atoms with van der Waals surface area (Å²) in [6, 6.07) is 6.58. The van der Waals surface area contributed by atoms with E-state index in [1.807, 2.05) is 12.1 Å². The highest BCUT2D eigenvalue weighted by Gasteiger charge is 2.38. The van der Waals surface area contributed by atoms with Crippen LogP contribution in [0.1, 0.15) is 51.9 Å². The first-order valence-corrected chi connectivity index (χ1v) is 7.93. The lowest BCUT2D eigenvalue weighted by Crippen LogP contribution is -2.39. The molecule has 1 atom stereocenters. The Morgan fingerprint density at radius 2 is 2.24 bits per heavy atom. The number of hydrogen-bond donors (Lipinski definition) is 1. The first-order chi connectivity index (χ1) is 10.1. The minimum absolute atomic E-state index is 0.0243. The molecule has 0 radical (unpaired) electrons. The predicted molar refractivity (Wildman–Crippen MR) is 85.9 cm³/mol. The van der Waals surface area contributed by atoms with Crippen LogP contribution in [-0.2, 0) is 5.54 Å². The van der Waals surface area contributed by atoms with Crippen LogP contribution in [-0.4, -0.2) is 23.2 Å². The van der Waals surface area contributed by atoms with Crippen LogP contribution < -0.4 is 10.1 Å². The second-order valence-corrected chi connectivity index (χ2v) is 6.22. The van der Waals surface area contributed by atoms with E-state index >= 15 is 0 Å². The molecule has 21 heavy (non-hydrogen) atoms. The van der Waals surface area contributed by atoms with Crippen molar-refractivity contribution in [1.82, 2.24) is 14.9 Å². The zero-order valence-corrected chi connectivity index (χ0v) is 13.4. The van der Waals surface area contributed by atoms with Crippen molar-refractivity contribution in [3.05, 3.63) is 24.0 Å². The molecule has 1 aliphatic rings. The number of rotatable bonds is 4. The van der Waals surface area contributed by atoms with Gasteiger partial charge in [0.25, 0.3) is 0 Å². The second kappa shape index (κ2) is 5.34. The van der Waals surface area contributed by atoms with Gasteiger partial charge >= 0.3 is 0 Å². The molecule has 0 saturated carbocycles. The SMILES string of the molecule is CCC1(c2nc3cc(OC)ccc3n2C(C)C)CCCN1. The number of aromatic nitrogens is 2. The summed E-state index contributed by atoms with van der Waals surface area (Å²) >= 11 is 0. The van der Waals surface area contributed by atoms with Crippen molar-refractivity contribution in [1.29, 1.82) is 0 Å². The molecule has 0 spiro atoms. The van der Waals surface area contributed by atoms with E-state index in [0.29, 0.717) is 6.04 Å². The second-order valence-electron chi connectivity index (χ2n) is 6.22. The molecule has 1 saturated heterocycles. The Hall–Kier alpha value is -1.55. The van der Waals surface area contributed by atoms with Gasteiger partial charge in [-0.3, -0.25) is 0 Å². The van der Waals surface area contributed by atoms with Crippen LogP contribution >= 0.6 is 0 Å².